The summed E-state index contributed by atoms with van der Waals surface area (Å²) in [5.41, 5.74) is 5.41. The predicted octanol–water partition coefficient (Wildman–Crippen LogP) is 9.69. The number of aryl methyl sites for hydroxylation is 1. The van der Waals surface area contributed by atoms with Crippen molar-refractivity contribution in [2.75, 3.05) is 0 Å². The maximum Gasteiger partial charge on any atom is 0.144 e. The van der Waals surface area contributed by atoms with Gasteiger partial charge >= 0.3 is 0 Å². The number of hydrogen-bond donors (Lipinski definition) is 0. The molecule has 0 radical (unpaired) electrons. The first-order chi connectivity index (χ1) is 17.5. The Morgan fingerprint density at radius 1 is 0.972 bits per heavy atom. The van der Waals surface area contributed by atoms with Crippen LogP contribution in [0.2, 0.25) is 0 Å². The molecule has 1 aromatic carbocycles. The molecule has 0 unspecified atom stereocenters. The van der Waals surface area contributed by atoms with Crippen molar-refractivity contribution in [1.82, 2.24) is 4.57 Å². The van der Waals surface area contributed by atoms with Crippen LogP contribution in [0.5, 0.6) is 0 Å². The fraction of sp³-hybridized carbons (Fsp3) is 0.194. The maximum atomic E-state index is 8.89. The lowest BCUT2D eigenvalue weighted by Gasteiger charge is -2.06. The third-order valence-electron chi connectivity index (χ3n) is 5.98. The standard InChI is InChI=1S/C31H28N2O2S/c1-5-15-33-26-17-22(28-13-11-24(35-28)16-20(2)3)9-12-25(26)31-27(33)18-30(36-31)29-14-10-23(34-29)8-6-7-21(4)19-32/h6-14,16-18H,5,15H2,1-4H3/b8-6+,21-7-. The molecule has 5 rings (SSSR count). The number of aromatic nitrogens is 1. The molecule has 5 aromatic rings. The lowest BCUT2D eigenvalue weighted by Crippen LogP contribution is -1.95. The van der Waals surface area contributed by atoms with Crippen LogP contribution in [0.15, 0.2) is 80.7 Å². The van der Waals surface area contributed by atoms with Crippen LogP contribution in [0.4, 0.5) is 0 Å². The summed E-state index contributed by atoms with van der Waals surface area (Å²) in [6.45, 7) is 9.08. The number of furan rings is 2. The van der Waals surface area contributed by atoms with Crippen molar-refractivity contribution < 1.29 is 8.83 Å². The SMILES string of the molecule is CCCn1c2cc(-c3ccc(C=C(C)C)o3)ccc2c2sc(-c3ccc(/C=C/C=C(/C)C#N)o3)cc21. The number of fused-ring (bicyclic) bond motifs is 3. The van der Waals surface area contributed by atoms with Gasteiger partial charge in [0.05, 0.1) is 26.7 Å². The quantitative estimate of drug-likeness (QED) is 0.168. The minimum Gasteiger partial charge on any atom is -0.457 e. The molecule has 0 aliphatic rings. The molecular formula is C31H28N2O2S. The highest BCUT2D eigenvalue weighted by Gasteiger charge is 2.17. The molecule has 0 amide bonds. The number of allylic oxidation sites excluding steroid dienone is 4. The molecule has 4 aromatic heterocycles. The average molecular weight is 493 g/mol. The molecule has 0 spiro atoms. The smallest absolute Gasteiger partial charge is 0.144 e. The number of nitrogens with zero attached hydrogens (tertiary/aromatic N) is 2. The van der Waals surface area contributed by atoms with Crippen molar-refractivity contribution >= 4 is 44.6 Å². The predicted molar refractivity (Wildman–Crippen MR) is 151 cm³/mol. The van der Waals surface area contributed by atoms with Gasteiger partial charge in [0, 0.05) is 23.1 Å². The molecule has 0 aliphatic heterocycles. The molecule has 0 atom stereocenters. The number of thiophene rings is 1. The van der Waals surface area contributed by atoms with Gasteiger partial charge in [-0.15, -0.1) is 11.3 Å². The van der Waals surface area contributed by atoms with Crippen LogP contribution in [0, 0.1) is 11.3 Å². The van der Waals surface area contributed by atoms with Gasteiger partial charge in [-0.3, -0.25) is 0 Å². The third-order valence-corrected chi connectivity index (χ3v) is 7.15. The summed E-state index contributed by atoms with van der Waals surface area (Å²) in [6, 6.07) is 19.0. The second-order valence-electron chi connectivity index (χ2n) is 9.15. The normalized spacial score (nSPS) is 12.1. The number of benzene rings is 1. The Morgan fingerprint density at radius 3 is 2.53 bits per heavy atom. The van der Waals surface area contributed by atoms with Crippen molar-refractivity contribution in [2.24, 2.45) is 0 Å². The maximum absolute atomic E-state index is 8.89. The minimum absolute atomic E-state index is 0.658. The fourth-order valence-corrected chi connectivity index (χ4v) is 5.52. The summed E-state index contributed by atoms with van der Waals surface area (Å²) < 4.78 is 15.9. The van der Waals surface area contributed by atoms with E-state index in [4.69, 9.17) is 14.1 Å². The number of nitriles is 1. The molecule has 36 heavy (non-hydrogen) atoms. The summed E-state index contributed by atoms with van der Waals surface area (Å²) in [5, 5.41) is 10.1. The van der Waals surface area contributed by atoms with Crippen LogP contribution in [-0.2, 0) is 6.54 Å². The van der Waals surface area contributed by atoms with Crippen molar-refractivity contribution in [2.45, 2.75) is 40.7 Å². The van der Waals surface area contributed by atoms with E-state index in [2.05, 4.69) is 61.7 Å². The van der Waals surface area contributed by atoms with Crippen molar-refractivity contribution in [1.29, 1.82) is 5.26 Å². The van der Waals surface area contributed by atoms with Crippen LogP contribution >= 0.6 is 11.3 Å². The van der Waals surface area contributed by atoms with E-state index in [-0.39, 0.29) is 0 Å². The topological polar surface area (TPSA) is 55.0 Å². The highest BCUT2D eigenvalue weighted by Crippen LogP contribution is 2.41. The van der Waals surface area contributed by atoms with E-state index in [1.54, 1.807) is 24.3 Å². The van der Waals surface area contributed by atoms with E-state index in [0.717, 1.165) is 46.4 Å². The first kappa shape index (κ1) is 23.7. The van der Waals surface area contributed by atoms with Gasteiger partial charge in [-0.05, 0) is 81.8 Å². The van der Waals surface area contributed by atoms with Crippen LogP contribution in [0.1, 0.15) is 45.6 Å². The first-order valence-corrected chi connectivity index (χ1v) is 12.9. The summed E-state index contributed by atoms with van der Waals surface area (Å²) in [4.78, 5) is 1.11. The highest BCUT2D eigenvalue weighted by atomic mass is 32.1. The van der Waals surface area contributed by atoms with E-state index < -0.39 is 0 Å². The molecule has 0 bridgehead atoms. The lowest BCUT2D eigenvalue weighted by atomic mass is 10.1. The van der Waals surface area contributed by atoms with Crippen molar-refractivity contribution in [3.63, 3.8) is 0 Å². The zero-order valence-corrected chi connectivity index (χ0v) is 21.8. The molecule has 0 N–H and O–H groups in total. The van der Waals surface area contributed by atoms with Gasteiger partial charge in [-0.25, -0.2) is 0 Å². The van der Waals surface area contributed by atoms with Gasteiger partial charge in [-0.2, -0.15) is 5.26 Å². The third kappa shape index (κ3) is 4.60. The number of hydrogen-bond acceptors (Lipinski definition) is 4. The zero-order valence-electron chi connectivity index (χ0n) is 21.0. The molecule has 180 valence electrons. The summed E-state index contributed by atoms with van der Waals surface area (Å²) in [6.07, 6.45) is 8.60. The first-order valence-electron chi connectivity index (χ1n) is 12.1. The van der Waals surface area contributed by atoms with Crippen molar-refractivity contribution in [3.05, 3.63) is 83.3 Å². The minimum atomic E-state index is 0.658. The van der Waals surface area contributed by atoms with Gasteiger partial charge in [0.1, 0.15) is 23.0 Å². The second-order valence-corrected chi connectivity index (χ2v) is 10.2. The Hall–Kier alpha value is -4.01. The van der Waals surface area contributed by atoms with Crippen LogP contribution in [-0.4, -0.2) is 4.57 Å². The summed E-state index contributed by atoms with van der Waals surface area (Å²) in [7, 11) is 0. The zero-order chi connectivity index (χ0) is 25.2. The largest absolute Gasteiger partial charge is 0.457 e. The highest BCUT2D eigenvalue weighted by molar-refractivity contribution is 7.23. The van der Waals surface area contributed by atoms with Crippen LogP contribution in [0.25, 0.3) is 55.2 Å². The van der Waals surface area contributed by atoms with E-state index in [1.165, 1.54) is 26.7 Å². The molecule has 0 saturated heterocycles. The van der Waals surface area contributed by atoms with Crippen LogP contribution in [0.3, 0.4) is 0 Å². The molecule has 0 saturated carbocycles. The van der Waals surface area contributed by atoms with E-state index in [1.807, 2.05) is 36.4 Å². The average Bonchev–Trinajstić information content (AvgIpc) is 3.64. The molecule has 0 fully saturated rings. The van der Waals surface area contributed by atoms with Gasteiger partial charge in [0.2, 0.25) is 0 Å². The molecule has 0 aliphatic carbocycles. The van der Waals surface area contributed by atoms with Gasteiger partial charge in [-0.1, -0.05) is 30.7 Å². The summed E-state index contributed by atoms with van der Waals surface area (Å²) in [5.74, 6) is 3.38. The van der Waals surface area contributed by atoms with E-state index in [9.17, 15) is 0 Å². The second kappa shape index (κ2) is 9.93. The van der Waals surface area contributed by atoms with Gasteiger partial charge in [0.25, 0.3) is 0 Å². The van der Waals surface area contributed by atoms with Crippen molar-refractivity contribution in [3.8, 4) is 28.0 Å². The summed E-state index contributed by atoms with van der Waals surface area (Å²) >= 11 is 1.76. The van der Waals surface area contributed by atoms with Gasteiger partial charge < -0.3 is 13.4 Å². The molecule has 4 heterocycles. The Morgan fingerprint density at radius 2 is 1.75 bits per heavy atom. The van der Waals surface area contributed by atoms with Gasteiger partial charge in [0.15, 0.2) is 0 Å². The Balaban J connectivity index is 1.53. The molecule has 4 nitrogen and oxygen atoms in total. The van der Waals surface area contributed by atoms with Crippen LogP contribution < -0.4 is 0 Å². The Bertz CT molecular complexity index is 1690. The Kier molecular flexibility index (Phi) is 6.54. The lowest BCUT2D eigenvalue weighted by molar-refractivity contribution is 0.571. The van der Waals surface area contributed by atoms with E-state index >= 15 is 0 Å². The molecule has 5 heteroatoms. The molecular weight excluding hydrogens is 464 g/mol. The Labute approximate surface area is 215 Å². The number of rotatable bonds is 7. The van der Waals surface area contributed by atoms with E-state index in [0.29, 0.717) is 5.57 Å². The fourth-order valence-electron chi connectivity index (χ4n) is 4.36. The monoisotopic (exact) mass is 492 g/mol.